The zero-order valence-electron chi connectivity index (χ0n) is 14.8. The van der Waals surface area contributed by atoms with Gasteiger partial charge in [-0.15, -0.1) is 0 Å². The molecule has 5 heteroatoms. The normalized spacial score (nSPS) is 17.7. The third-order valence-electron chi connectivity index (χ3n) is 4.52. The van der Waals surface area contributed by atoms with Crippen LogP contribution in [0.4, 0.5) is 0 Å². The first-order chi connectivity index (χ1) is 11.6. The largest absolute Gasteiger partial charge is 0.356 e. The highest BCUT2D eigenvalue weighted by molar-refractivity contribution is 5.81. The molecule has 1 atom stereocenters. The van der Waals surface area contributed by atoms with Gasteiger partial charge < -0.3 is 10.2 Å². The number of amides is 2. The van der Waals surface area contributed by atoms with Gasteiger partial charge in [-0.05, 0) is 37.8 Å². The predicted molar refractivity (Wildman–Crippen MR) is 95.7 cm³/mol. The molecule has 0 saturated carbocycles. The second kappa shape index (κ2) is 9.42. The minimum atomic E-state index is 0.0220. The second-order valence-corrected chi connectivity index (χ2v) is 6.62. The number of rotatable bonds is 8. The molecule has 1 fully saturated rings. The Hall–Kier alpha value is -1.88. The molecule has 132 valence electrons. The number of carbonyl (C=O) groups is 2. The average Bonchev–Trinajstić information content (AvgIpc) is 3.05. The molecule has 1 N–H and O–H groups in total. The molecule has 5 nitrogen and oxygen atoms in total. The van der Waals surface area contributed by atoms with E-state index in [0.29, 0.717) is 13.0 Å². The molecular weight excluding hydrogens is 302 g/mol. The summed E-state index contributed by atoms with van der Waals surface area (Å²) in [7, 11) is 3.62. The van der Waals surface area contributed by atoms with Crippen LogP contribution in [-0.2, 0) is 16.0 Å². The van der Waals surface area contributed by atoms with Crippen LogP contribution in [-0.4, -0.2) is 61.4 Å². The number of aryl methyl sites for hydroxylation is 1. The number of hydrogen-bond acceptors (Lipinski definition) is 3. The molecule has 2 amide bonds. The van der Waals surface area contributed by atoms with Gasteiger partial charge in [0.2, 0.25) is 11.8 Å². The molecule has 0 bridgehead atoms. The SMILES string of the molecule is CN(C)C(=O)C1CCCN1CCCNC(=O)CCc1ccccc1. The van der Waals surface area contributed by atoms with Gasteiger partial charge >= 0.3 is 0 Å². The van der Waals surface area contributed by atoms with Crippen LogP contribution in [0.5, 0.6) is 0 Å². The van der Waals surface area contributed by atoms with E-state index in [1.54, 1.807) is 4.90 Å². The standard InChI is InChI=1S/C19H29N3O2/c1-21(2)19(24)17-10-6-14-22(17)15-7-13-20-18(23)12-11-16-8-4-3-5-9-16/h3-5,8-9,17H,6-7,10-15H2,1-2H3,(H,20,23). The highest BCUT2D eigenvalue weighted by atomic mass is 16.2. The molecule has 1 unspecified atom stereocenters. The quantitative estimate of drug-likeness (QED) is 0.738. The van der Waals surface area contributed by atoms with Crippen LogP contribution in [0.2, 0.25) is 0 Å². The van der Waals surface area contributed by atoms with Crippen LogP contribution in [0.15, 0.2) is 30.3 Å². The van der Waals surface area contributed by atoms with Gasteiger partial charge in [-0.1, -0.05) is 30.3 Å². The zero-order valence-corrected chi connectivity index (χ0v) is 14.8. The fraction of sp³-hybridized carbons (Fsp3) is 0.579. The molecule has 24 heavy (non-hydrogen) atoms. The highest BCUT2D eigenvalue weighted by Crippen LogP contribution is 2.18. The minimum Gasteiger partial charge on any atom is -0.356 e. The van der Waals surface area contributed by atoms with Crippen molar-refractivity contribution < 1.29 is 9.59 Å². The Morgan fingerprint density at radius 3 is 2.71 bits per heavy atom. The third kappa shape index (κ3) is 5.64. The number of nitrogens with one attached hydrogen (secondary N) is 1. The van der Waals surface area contributed by atoms with Crippen molar-refractivity contribution in [2.24, 2.45) is 0 Å². The molecular formula is C19H29N3O2. The number of carbonyl (C=O) groups excluding carboxylic acids is 2. The zero-order chi connectivity index (χ0) is 17.4. The summed E-state index contributed by atoms with van der Waals surface area (Å²) in [5.41, 5.74) is 1.19. The van der Waals surface area contributed by atoms with Crippen molar-refractivity contribution in [2.45, 2.75) is 38.1 Å². The van der Waals surface area contributed by atoms with E-state index in [0.717, 1.165) is 38.8 Å². The molecule has 1 aliphatic rings. The van der Waals surface area contributed by atoms with Crippen molar-refractivity contribution >= 4 is 11.8 Å². The molecule has 2 rings (SSSR count). The Balaban J connectivity index is 1.62. The predicted octanol–water partition coefficient (Wildman–Crippen LogP) is 1.68. The van der Waals surface area contributed by atoms with Crippen molar-refractivity contribution in [2.75, 3.05) is 33.7 Å². The molecule has 1 aliphatic heterocycles. The van der Waals surface area contributed by atoms with Gasteiger partial charge in [-0.3, -0.25) is 14.5 Å². The van der Waals surface area contributed by atoms with E-state index < -0.39 is 0 Å². The van der Waals surface area contributed by atoms with E-state index in [2.05, 4.69) is 10.2 Å². The van der Waals surface area contributed by atoms with Crippen LogP contribution >= 0.6 is 0 Å². The van der Waals surface area contributed by atoms with Crippen molar-refractivity contribution in [3.05, 3.63) is 35.9 Å². The number of benzene rings is 1. The van der Waals surface area contributed by atoms with Crippen LogP contribution < -0.4 is 5.32 Å². The first-order valence-corrected chi connectivity index (χ1v) is 8.84. The summed E-state index contributed by atoms with van der Waals surface area (Å²) in [6.45, 7) is 2.52. The minimum absolute atomic E-state index is 0.0220. The Kier molecular flexibility index (Phi) is 7.25. The van der Waals surface area contributed by atoms with E-state index >= 15 is 0 Å². The van der Waals surface area contributed by atoms with Gasteiger partial charge in [0.25, 0.3) is 0 Å². The summed E-state index contributed by atoms with van der Waals surface area (Å²) in [5.74, 6) is 0.292. The van der Waals surface area contributed by atoms with Crippen molar-refractivity contribution in [1.29, 1.82) is 0 Å². The summed E-state index contributed by atoms with van der Waals surface area (Å²) >= 11 is 0. The van der Waals surface area contributed by atoms with Crippen molar-refractivity contribution in [3.63, 3.8) is 0 Å². The third-order valence-corrected chi connectivity index (χ3v) is 4.52. The molecule has 1 aromatic rings. The highest BCUT2D eigenvalue weighted by Gasteiger charge is 2.30. The van der Waals surface area contributed by atoms with E-state index in [1.165, 1.54) is 5.56 Å². The summed E-state index contributed by atoms with van der Waals surface area (Å²) in [6, 6.07) is 10.1. The van der Waals surface area contributed by atoms with E-state index in [9.17, 15) is 9.59 Å². The van der Waals surface area contributed by atoms with Crippen LogP contribution in [0.3, 0.4) is 0 Å². The van der Waals surface area contributed by atoms with Crippen LogP contribution in [0.1, 0.15) is 31.2 Å². The average molecular weight is 331 g/mol. The molecule has 0 aliphatic carbocycles. The fourth-order valence-corrected chi connectivity index (χ4v) is 3.17. The Morgan fingerprint density at radius 2 is 2.00 bits per heavy atom. The molecule has 0 radical (unpaired) electrons. The molecule has 0 aromatic heterocycles. The van der Waals surface area contributed by atoms with Crippen molar-refractivity contribution in [1.82, 2.24) is 15.1 Å². The number of nitrogens with zero attached hydrogens (tertiary/aromatic N) is 2. The van der Waals surface area contributed by atoms with Gasteiger partial charge in [-0.2, -0.15) is 0 Å². The van der Waals surface area contributed by atoms with E-state index in [-0.39, 0.29) is 17.9 Å². The monoisotopic (exact) mass is 331 g/mol. The lowest BCUT2D eigenvalue weighted by Crippen LogP contribution is -2.43. The fourth-order valence-electron chi connectivity index (χ4n) is 3.17. The number of likely N-dealkylation sites (N-methyl/N-ethyl adjacent to an activating group) is 1. The second-order valence-electron chi connectivity index (χ2n) is 6.62. The van der Waals surface area contributed by atoms with Gasteiger partial charge in [0.15, 0.2) is 0 Å². The van der Waals surface area contributed by atoms with E-state index in [1.807, 2.05) is 44.4 Å². The van der Waals surface area contributed by atoms with Gasteiger partial charge in [0.05, 0.1) is 6.04 Å². The topological polar surface area (TPSA) is 52.7 Å². The van der Waals surface area contributed by atoms with Crippen LogP contribution in [0.25, 0.3) is 0 Å². The Labute approximate surface area is 145 Å². The van der Waals surface area contributed by atoms with Gasteiger partial charge in [0.1, 0.15) is 0 Å². The lowest BCUT2D eigenvalue weighted by atomic mass is 10.1. The first-order valence-electron chi connectivity index (χ1n) is 8.84. The summed E-state index contributed by atoms with van der Waals surface area (Å²) in [5, 5.41) is 2.98. The maximum Gasteiger partial charge on any atom is 0.239 e. The Morgan fingerprint density at radius 1 is 1.25 bits per heavy atom. The number of hydrogen-bond donors (Lipinski definition) is 1. The van der Waals surface area contributed by atoms with E-state index in [4.69, 9.17) is 0 Å². The summed E-state index contributed by atoms with van der Waals surface area (Å²) in [4.78, 5) is 27.9. The maximum atomic E-state index is 12.1. The lowest BCUT2D eigenvalue weighted by Gasteiger charge is -2.26. The first kappa shape index (κ1) is 18.5. The number of likely N-dealkylation sites (tertiary alicyclic amines) is 1. The smallest absolute Gasteiger partial charge is 0.239 e. The van der Waals surface area contributed by atoms with Crippen molar-refractivity contribution in [3.8, 4) is 0 Å². The molecule has 1 heterocycles. The molecule has 1 saturated heterocycles. The lowest BCUT2D eigenvalue weighted by molar-refractivity contribution is -0.133. The van der Waals surface area contributed by atoms with Gasteiger partial charge in [0, 0.05) is 33.6 Å². The molecule has 1 aromatic carbocycles. The van der Waals surface area contributed by atoms with Crippen LogP contribution in [0, 0.1) is 0 Å². The summed E-state index contributed by atoms with van der Waals surface area (Å²) < 4.78 is 0. The van der Waals surface area contributed by atoms with Gasteiger partial charge in [-0.25, -0.2) is 0 Å². The summed E-state index contributed by atoms with van der Waals surface area (Å²) in [6.07, 6.45) is 4.20. The Bertz CT molecular complexity index is 531. The molecule has 0 spiro atoms. The maximum absolute atomic E-state index is 12.1.